The molecule has 138 valence electrons. The molecule has 1 saturated heterocycles. The fourth-order valence-corrected chi connectivity index (χ4v) is 3.38. The molecular weight excluding hydrogens is 331 g/mol. The van der Waals surface area contributed by atoms with Gasteiger partial charge in [0.25, 0.3) is 0 Å². The lowest BCUT2D eigenvalue weighted by Gasteiger charge is -2.22. The number of carbonyl (C=O) groups excluding carboxylic acids is 1. The molecule has 0 bridgehead atoms. The van der Waals surface area contributed by atoms with Crippen LogP contribution >= 0.6 is 0 Å². The molecule has 1 aromatic rings. The Morgan fingerprint density at radius 2 is 2.08 bits per heavy atom. The zero-order valence-electron chi connectivity index (χ0n) is 14.2. The van der Waals surface area contributed by atoms with E-state index in [1.165, 1.54) is 18.9 Å². The van der Waals surface area contributed by atoms with Gasteiger partial charge in [0.2, 0.25) is 5.91 Å². The minimum atomic E-state index is -4.38. The van der Waals surface area contributed by atoms with Crippen LogP contribution in [0.2, 0.25) is 0 Å². The molecule has 25 heavy (non-hydrogen) atoms. The molecule has 2 fully saturated rings. The Bertz CT molecular complexity index is 616. The molecule has 1 aromatic carbocycles. The topological polar surface area (TPSA) is 53.2 Å². The van der Waals surface area contributed by atoms with Gasteiger partial charge in [-0.25, -0.2) is 5.43 Å². The second kappa shape index (κ2) is 7.33. The van der Waals surface area contributed by atoms with Gasteiger partial charge >= 0.3 is 6.18 Å². The number of alkyl halides is 3. The zero-order valence-corrected chi connectivity index (χ0v) is 14.2. The number of carbonyl (C=O) groups is 1. The third kappa shape index (κ3) is 4.52. The first-order valence-corrected chi connectivity index (χ1v) is 8.87. The molecule has 7 heteroatoms. The van der Waals surface area contributed by atoms with Crippen molar-refractivity contribution in [3.05, 3.63) is 35.4 Å². The maximum atomic E-state index is 12.9. The standard InChI is InChI=1S/C18H24F3N3O/c1-2-4-14(12-5-3-6-13(9-12)18(19,20)21)22-17(25)16-10-15(23-24-16)11-7-8-11/h3,5-6,9,11,14-16,23-24H,2,4,7-8,10H2,1H3,(H,22,25). The average Bonchev–Trinajstić information content (AvgIpc) is 3.30. The summed E-state index contributed by atoms with van der Waals surface area (Å²) < 4.78 is 38.8. The molecule has 1 amide bonds. The Balaban J connectivity index is 1.67. The zero-order chi connectivity index (χ0) is 18.0. The van der Waals surface area contributed by atoms with Gasteiger partial charge in [-0.3, -0.25) is 10.2 Å². The highest BCUT2D eigenvalue weighted by Gasteiger charge is 2.39. The monoisotopic (exact) mass is 355 g/mol. The van der Waals surface area contributed by atoms with E-state index in [0.717, 1.165) is 25.0 Å². The Morgan fingerprint density at radius 3 is 2.72 bits per heavy atom. The predicted octanol–water partition coefficient (Wildman–Crippen LogP) is 3.31. The van der Waals surface area contributed by atoms with Crippen molar-refractivity contribution in [2.24, 2.45) is 5.92 Å². The van der Waals surface area contributed by atoms with E-state index in [-0.39, 0.29) is 11.9 Å². The Morgan fingerprint density at radius 1 is 1.32 bits per heavy atom. The number of benzene rings is 1. The maximum Gasteiger partial charge on any atom is 0.416 e. The van der Waals surface area contributed by atoms with Gasteiger partial charge in [-0.05, 0) is 49.3 Å². The number of hydrogen-bond donors (Lipinski definition) is 3. The highest BCUT2D eigenvalue weighted by molar-refractivity contribution is 5.82. The van der Waals surface area contributed by atoms with Crippen molar-refractivity contribution < 1.29 is 18.0 Å². The van der Waals surface area contributed by atoms with Crippen molar-refractivity contribution in [2.45, 2.75) is 63.3 Å². The fraction of sp³-hybridized carbons (Fsp3) is 0.611. The number of hydrogen-bond acceptors (Lipinski definition) is 3. The lowest BCUT2D eigenvalue weighted by molar-refractivity contribution is -0.137. The molecule has 1 heterocycles. The molecule has 1 aliphatic heterocycles. The summed E-state index contributed by atoms with van der Waals surface area (Å²) in [6.45, 7) is 1.95. The SMILES string of the molecule is CCCC(NC(=O)C1CC(C2CC2)NN1)c1cccc(C(F)(F)F)c1. The van der Waals surface area contributed by atoms with Gasteiger partial charge in [0.05, 0.1) is 11.6 Å². The van der Waals surface area contributed by atoms with Crippen LogP contribution in [-0.2, 0) is 11.0 Å². The number of rotatable bonds is 6. The van der Waals surface area contributed by atoms with Gasteiger partial charge in [0.1, 0.15) is 6.04 Å². The van der Waals surface area contributed by atoms with Crippen molar-refractivity contribution in [3.8, 4) is 0 Å². The van der Waals surface area contributed by atoms with Gasteiger partial charge in [0.15, 0.2) is 0 Å². The minimum absolute atomic E-state index is 0.161. The van der Waals surface area contributed by atoms with Crippen LogP contribution in [0.25, 0.3) is 0 Å². The van der Waals surface area contributed by atoms with Crippen LogP contribution in [0, 0.1) is 5.92 Å². The first-order valence-electron chi connectivity index (χ1n) is 8.87. The summed E-state index contributed by atoms with van der Waals surface area (Å²) in [5, 5.41) is 2.93. The third-order valence-corrected chi connectivity index (χ3v) is 4.95. The van der Waals surface area contributed by atoms with Gasteiger partial charge in [-0.2, -0.15) is 13.2 Å². The second-order valence-electron chi connectivity index (χ2n) is 6.99. The highest BCUT2D eigenvalue weighted by atomic mass is 19.4. The summed E-state index contributed by atoms with van der Waals surface area (Å²) in [4.78, 5) is 12.5. The lowest BCUT2D eigenvalue weighted by atomic mass is 9.99. The van der Waals surface area contributed by atoms with Crippen molar-refractivity contribution in [1.82, 2.24) is 16.2 Å². The Labute approximate surface area is 145 Å². The van der Waals surface area contributed by atoms with Crippen molar-refractivity contribution in [1.29, 1.82) is 0 Å². The first kappa shape index (κ1) is 18.2. The molecule has 3 atom stereocenters. The van der Waals surface area contributed by atoms with E-state index in [1.54, 1.807) is 6.07 Å². The maximum absolute atomic E-state index is 12.9. The van der Waals surface area contributed by atoms with Crippen LogP contribution in [0.3, 0.4) is 0 Å². The van der Waals surface area contributed by atoms with Crippen LogP contribution in [0.15, 0.2) is 24.3 Å². The van der Waals surface area contributed by atoms with Crippen molar-refractivity contribution in [3.63, 3.8) is 0 Å². The summed E-state index contributed by atoms with van der Waals surface area (Å²) in [5.74, 6) is 0.478. The van der Waals surface area contributed by atoms with E-state index in [1.807, 2.05) is 6.92 Å². The average molecular weight is 355 g/mol. The van der Waals surface area contributed by atoms with E-state index in [0.29, 0.717) is 23.9 Å². The van der Waals surface area contributed by atoms with Crippen molar-refractivity contribution in [2.75, 3.05) is 0 Å². The van der Waals surface area contributed by atoms with Crippen LogP contribution in [0.4, 0.5) is 13.2 Å². The Hall–Kier alpha value is -1.60. The smallest absolute Gasteiger partial charge is 0.348 e. The summed E-state index contributed by atoms with van der Waals surface area (Å²) in [6.07, 6.45) is 0.0807. The van der Waals surface area contributed by atoms with Gasteiger partial charge in [0, 0.05) is 6.04 Å². The number of amides is 1. The van der Waals surface area contributed by atoms with E-state index >= 15 is 0 Å². The molecular formula is C18H24F3N3O. The minimum Gasteiger partial charge on any atom is -0.348 e. The molecule has 3 unspecified atom stereocenters. The third-order valence-electron chi connectivity index (χ3n) is 4.95. The highest BCUT2D eigenvalue weighted by Crippen LogP contribution is 2.36. The summed E-state index contributed by atoms with van der Waals surface area (Å²) in [7, 11) is 0. The van der Waals surface area contributed by atoms with Crippen LogP contribution in [0.5, 0.6) is 0 Å². The first-order chi connectivity index (χ1) is 11.9. The molecule has 3 rings (SSSR count). The molecule has 0 spiro atoms. The summed E-state index contributed by atoms with van der Waals surface area (Å²) >= 11 is 0. The lowest BCUT2D eigenvalue weighted by Crippen LogP contribution is -2.44. The molecule has 0 radical (unpaired) electrons. The van der Waals surface area contributed by atoms with Crippen LogP contribution in [0.1, 0.15) is 56.2 Å². The predicted molar refractivity (Wildman–Crippen MR) is 88.4 cm³/mol. The van der Waals surface area contributed by atoms with Crippen LogP contribution < -0.4 is 16.2 Å². The van der Waals surface area contributed by atoms with E-state index in [9.17, 15) is 18.0 Å². The van der Waals surface area contributed by atoms with Crippen molar-refractivity contribution >= 4 is 5.91 Å². The van der Waals surface area contributed by atoms with E-state index in [4.69, 9.17) is 0 Å². The van der Waals surface area contributed by atoms with Crippen LogP contribution in [-0.4, -0.2) is 18.0 Å². The normalized spacial score (nSPS) is 25.0. The van der Waals surface area contributed by atoms with Gasteiger partial charge in [-0.1, -0.05) is 25.5 Å². The number of hydrazine groups is 1. The van der Waals surface area contributed by atoms with E-state index < -0.39 is 17.8 Å². The fourth-order valence-electron chi connectivity index (χ4n) is 3.38. The molecule has 3 N–H and O–H groups in total. The van der Waals surface area contributed by atoms with E-state index in [2.05, 4.69) is 16.2 Å². The molecule has 1 aliphatic carbocycles. The quantitative estimate of drug-likeness (QED) is 0.734. The number of halogens is 3. The van der Waals surface area contributed by atoms with Gasteiger partial charge in [-0.15, -0.1) is 0 Å². The Kier molecular flexibility index (Phi) is 5.34. The second-order valence-corrected chi connectivity index (χ2v) is 6.99. The van der Waals surface area contributed by atoms with Gasteiger partial charge < -0.3 is 5.32 Å². The largest absolute Gasteiger partial charge is 0.416 e. The summed E-state index contributed by atoms with van der Waals surface area (Å²) in [6, 6.07) is 4.78. The molecule has 2 aliphatic rings. The number of nitrogens with one attached hydrogen (secondary N) is 3. The molecule has 0 aromatic heterocycles. The summed E-state index contributed by atoms with van der Waals surface area (Å²) in [5.41, 5.74) is 5.99. The molecule has 1 saturated carbocycles. The molecule has 4 nitrogen and oxygen atoms in total.